The smallest absolute Gasteiger partial charge is 0.276 e. The topological polar surface area (TPSA) is 104 Å². The molecule has 1 saturated heterocycles. The van der Waals surface area contributed by atoms with Crippen molar-refractivity contribution < 1.29 is 14.3 Å². The molecule has 0 saturated carbocycles. The van der Waals surface area contributed by atoms with E-state index in [1.807, 2.05) is 18.2 Å². The fourth-order valence-electron chi connectivity index (χ4n) is 2.77. The molecule has 1 aliphatic heterocycles. The molecule has 1 amide bonds. The van der Waals surface area contributed by atoms with Crippen molar-refractivity contribution in [3.63, 3.8) is 0 Å². The number of nitrogens with two attached hydrogens (primary N) is 1. The number of carbonyl (C=O) groups is 1. The third kappa shape index (κ3) is 3.42. The van der Waals surface area contributed by atoms with E-state index in [2.05, 4.69) is 4.98 Å². The SMILES string of the molecule is CN(C(=N)N)C(=O)c1cc2c(COC3CCCCO3)cccc2[nH]1. The zero-order valence-corrected chi connectivity index (χ0v) is 13.7. The van der Waals surface area contributed by atoms with E-state index in [9.17, 15) is 4.79 Å². The Morgan fingerprint density at radius 3 is 3.04 bits per heavy atom. The summed E-state index contributed by atoms with van der Waals surface area (Å²) in [5.74, 6) is -0.641. The highest BCUT2D eigenvalue weighted by atomic mass is 16.7. The number of ether oxygens (including phenoxy) is 2. The lowest BCUT2D eigenvalue weighted by Gasteiger charge is -2.22. The molecule has 0 bridgehead atoms. The Kier molecular flexibility index (Phi) is 4.82. The van der Waals surface area contributed by atoms with Gasteiger partial charge in [0.05, 0.1) is 6.61 Å². The van der Waals surface area contributed by atoms with Crippen LogP contribution in [0.1, 0.15) is 35.3 Å². The van der Waals surface area contributed by atoms with Gasteiger partial charge in [-0.15, -0.1) is 0 Å². The largest absolute Gasteiger partial charge is 0.370 e. The number of benzene rings is 1. The van der Waals surface area contributed by atoms with Crippen LogP contribution in [0.4, 0.5) is 0 Å². The van der Waals surface area contributed by atoms with Crippen LogP contribution in [0.3, 0.4) is 0 Å². The first-order valence-electron chi connectivity index (χ1n) is 8.02. The van der Waals surface area contributed by atoms with E-state index < -0.39 is 0 Å². The first-order valence-corrected chi connectivity index (χ1v) is 8.02. The van der Waals surface area contributed by atoms with E-state index in [1.165, 1.54) is 7.05 Å². The van der Waals surface area contributed by atoms with Crippen LogP contribution in [-0.2, 0) is 16.1 Å². The summed E-state index contributed by atoms with van der Waals surface area (Å²) in [6.45, 7) is 1.17. The fraction of sp³-hybridized carbons (Fsp3) is 0.412. The number of aromatic amines is 1. The standard InChI is InChI=1S/C17H22N4O3/c1-21(17(18)19)16(22)14-9-12-11(5-4-6-13(12)20-14)10-24-15-7-2-3-8-23-15/h4-6,9,15,20H,2-3,7-8,10H2,1H3,(H3,18,19). The van der Waals surface area contributed by atoms with Crippen LogP contribution < -0.4 is 5.73 Å². The number of rotatable bonds is 4. The third-order valence-corrected chi connectivity index (χ3v) is 4.21. The summed E-state index contributed by atoms with van der Waals surface area (Å²) in [5.41, 5.74) is 7.60. The van der Waals surface area contributed by atoms with Gasteiger partial charge in [-0.25, -0.2) is 0 Å². The van der Waals surface area contributed by atoms with Gasteiger partial charge in [0.15, 0.2) is 12.2 Å². The Bertz CT molecular complexity index is 749. The predicted octanol–water partition coefficient (Wildman–Crippen LogP) is 2.18. The Morgan fingerprint density at radius 2 is 2.33 bits per heavy atom. The number of nitrogens with one attached hydrogen (secondary N) is 2. The Hall–Kier alpha value is -2.38. The summed E-state index contributed by atoms with van der Waals surface area (Å²) in [6, 6.07) is 7.57. The molecule has 1 atom stereocenters. The van der Waals surface area contributed by atoms with E-state index in [1.54, 1.807) is 6.07 Å². The Morgan fingerprint density at radius 1 is 1.50 bits per heavy atom. The van der Waals surface area contributed by atoms with E-state index in [4.69, 9.17) is 20.6 Å². The summed E-state index contributed by atoms with van der Waals surface area (Å²) in [5, 5.41) is 8.30. The molecule has 2 heterocycles. The van der Waals surface area contributed by atoms with Crippen LogP contribution in [-0.4, -0.2) is 41.7 Å². The van der Waals surface area contributed by atoms with Crippen molar-refractivity contribution in [2.24, 2.45) is 5.73 Å². The normalized spacial score (nSPS) is 17.8. The van der Waals surface area contributed by atoms with E-state index >= 15 is 0 Å². The summed E-state index contributed by atoms with van der Waals surface area (Å²) in [6.07, 6.45) is 2.96. The van der Waals surface area contributed by atoms with Gasteiger partial charge >= 0.3 is 0 Å². The lowest BCUT2D eigenvalue weighted by molar-refractivity contribution is -0.168. The predicted molar refractivity (Wildman–Crippen MR) is 90.7 cm³/mol. The van der Waals surface area contributed by atoms with Gasteiger partial charge in [-0.1, -0.05) is 12.1 Å². The van der Waals surface area contributed by atoms with Gasteiger partial charge < -0.3 is 20.2 Å². The second kappa shape index (κ2) is 7.02. The highest BCUT2D eigenvalue weighted by Crippen LogP contribution is 2.23. The lowest BCUT2D eigenvalue weighted by Crippen LogP contribution is -2.38. The zero-order valence-electron chi connectivity index (χ0n) is 13.7. The van der Waals surface area contributed by atoms with Crippen LogP contribution in [0.2, 0.25) is 0 Å². The van der Waals surface area contributed by atoms with Crippen LogP contribution >= 0.6 is 0 Å². The van der Waals surface area contributed by atoms with E-state index in [0.717, 1.165) is 47.2 Å². The minimum atomic E-state index is -0.346. The molecule has 1 aromatic carbocycles. The first kappa shape index (κ1) is 16.5. The molecule has 1 fully saturated rings. The van der Waals surface area contributed by atoms with Crippen molar-refractivity contribution in [3.8, 4) is 0 Å². The van der Waals surface area contributed by atoms with Crippen molar-refractivity contribution in [1.82, 2.24) is 9.88 Å². The Balaban J connectivity index is 1.79. The average Bonchev–Trinajstić information content (AvgIpc) is 3.04. The van der Waals surface area contributed by atoms with Crippen LogP contribution in [0.15, 0.2) is 24.3 Å². The molecule has 128 valence electrons. The number of hydrogen-bond acceptors (Lipinski definition) is 4. The molecule has 0 spiro atoms. The molecule has 7 heteroatoms. The average molecular weight is 330 g/mol. The fourth-order valence-corrected chi connectivity index (χ4v) is 2.77. The summed E-state index contributed by atoms with van der Waals surface area (Å²) in [7, 11) is 1.47. The molecule has 4 N–H and O–H groups in total. The Labute approximate surface area is 140 Å². The maximum Gasteiger partial charge on any atom is 0.276 e. The second-order valence-electron chi connectivity index (χ2n) is 5.92. The van der Waals surface area contributed by atoms with Crippen molar-refractivity contribution in [3.05, 3.63) is 35.5 Å². The second-order valence-corrected chi connectivity index (χ2v) is 5.92. The number of guanidine groups is 1. The molecule has 0 radical (unpaired) electrons. The van der Waals surface area contributed by atoms with Crippen LogP contribution in [0.5, 0.6) is 0 Å². The van der Waals surface area contributed by atoms with Crippen molar-refractivity contribution in [2.45, 2.75) is 32.2 Å². The number of carbonyl (C=O) groups excluding carboxylic acids is 1. The molecular formula is C17H22N4O3. The van der Waals surface area contributed by atoms with Crippen molar-refractivity contribution in [1.29, 1.82) is 5.41 Å². The number of fused-ring (bicyclic) bond motifs is 1. The van der Waals surface area contributed by atoms with E-state index in [-0.39, 0.29) is 18.2 Å². The quantitative estimate of drug-likeness (QED) is 0.590. The molecule has 0 aliphatic carbocycles. The molecule has 1 unspecified atom stereocenters. The summed E-state index contributed by atoms with van der Waals surface area (Å²) in [4.78, 5) is 16.5. The minimum absolute atomic E-state index is 0.155. The maximum absolute atomic E-state index is 12.3. The lowest BCUT2D eigenvalue weighted by atomic mass is 10.1. The molecule has 1 aromatic heterocycles. The molecule has 3 rings (SSSR count). The molecule has 7 nitrogen and oxygen atoms in total. The van der Waals surface area contributed by atoms with Crippen LogP contribution in [0, 0.1) is 5.41 Å². The van der Waals surface area contributed by atoms with Gasteiger partial charge in [-0.2, -0.15) is 0 Å². The number of hydrogen-bond donors (Lipinski definition) is 3. The van der Waals surface area contributed by atoms with Gasteiger partial charge in [0.25, 0.3) is 5.91 Å². The van der Waals surface area contributed by atoms with Crippen molar-refractivity contribution in [2.75, 3.05) is 13.7 Å². The van der Waals surface area contributed by atoms with Gasteiger partial charge in [0, 0.05) is 24.6 Å². The zero-order chi connectivity index (χ0) is 17.1. The van der Waals surface area contributed by atoms with Gasteiger partial charge in [0.1, 0.15) is 5.69 Å². The van der Waals surface area contributed by atoms with E-state index in [0.29, 0.717) is 12.3 Å². The molecular weight excluding hydrogens is 308 g/mol. The van der Waals surface area contributed by atoms with Gasteiger partial charge in [-0.05, 0) is 37.0 Å². The number of aromatic nitrogens is 1. The number of H-pyrrole nitrogens is 1. The summed E-state index contributed by atoms with van der Waals surface area (Å²) >= 11 is 0. The van der Waals surface area contributed by atoms with Gasteiger partial charge in [0.2, 0.25) is 0 Å². The molecule has 24 heavy (non-hydrogen) atoms. The molecule has 2 aromatic rings. The highest BCUT2D eigenvalue weighted by Gasteiger charge is 2.18. The van der Waals surface area contributed by atoms with Gasteiger partial charge in [-0.3, -0.25) is 15.1 Å². The maximum atomic E-state index is 12.3. The van der Waals surface area contributed by atoms with Crippen LogP contribution in [0.25, 0.3) is 10.9 Å². The monoisotopic (exact) mass is 330 g/mol. The minimum Gasteiger partial charge on any atom is -0.370 e. The first-order chi connectivity index (χ1) is 11.6. The number of amides is 1. The number of nitrogens with zero attached hydrogens (tertiary/aromatic N) is 1. The summed E-state index contributed by atoms with van der Waals surface area (Å²) < 4.78 is 11.4. The van der Waals surface area contributed by atoms with Crippen molar-refractivity contribution >= 4 is 22.8 Å². The third-order valence-electron chi connectivity index (χ3n) is 4.21. The highest BCUT2D eigenvalue weighted by molar-refractivity contribution is 6.05. The molecule has 1 aliphatic rings.